The van der Waals surface area contributed by atoms with Gasteiger partial charge in [-0.3, -0.25) is 4.79 Å². The molecule has 1 rings (SSSR count). The summed E-state index contributed by atoms with van der Waals surface area (Å²) in [5, 5.41) is 10.1. The number of aliphatic hydroxyl groups excluding tert-OH is 1. The second kappa shape index (κ2) is 6.78. The maximum Gasteiger partial charge on any atom is 0.185 e. The van der Waals surface area contributed by atoms with Crippen LogP contribution in [0, 0.1) is 0 Å². The molecule has 0 aromatic heterocycles. The maximum absolute atomic E-state index is 10.7. The summed E-state index contributed by atoms with van der Waals surface area (Å²) < 4.78 is 5.32. The zero-order valence-corrected chi connectivity index (χ0v) is 10.4. The van der Waals surface area contributed by atoms with Crippen molar-refractivity contribution in [3.8, 4) is 5.75 Å². The Balaban J connectivity index is 2.28. The van der Waals surface area contributed by atoms with Crippen LogP contribution in [0.1, 0.15) is 6.92 Å². The van der Waals surface area contributed by atoms with Crippen molar-refractivity contribution in [2.45, 2.75) is 13.0 Å². The third-order valence-corrected chi connectivity index (χ3v) is 2.94. The van der Waals surface area contributed by atoms with E-state index in [-0.39, 0.29) is 11.7 Å². The van der Waals surface area contributed by atoms with Crippen molar-refractivity contribution in [2.75, 3.05) is 12.4 Å². The average Bonchev–Trinajstić information content (AvgIpc) is 2.25. The van der Waals surface area contributed by atoms with Gasteiger partial charge in [-0.1, -0.05) is 23.4 Å². The normalized spacial score (nSPS) is 12.2. The molecule has 0 bridgehead atoms. The van der Waals surface area contributed by atoms with Gasteiger partial charge in [0, 0.05) is 17.7 Å². The fourth-order valence-electron chi connectivity index (χ4n) is 0.985. The minimum atomic E-state index is -0.649. The smallest absolute Gasteiger partial charge is 0.185 e. The SMILES string of the molecule is CC(=O)SCC(O)COc1ccc(Cl)cc1. The third-order valence-electron chi connectivity index (χ3n) is 1.74. The van der Waals surface area contributed by atoms with Gasteiger partial charge in [-0.05, 0) is 24.3 Å². The number of ether oxygens (including phenoxy) is 1. The molecule has 0 heterocycles. The van der Waals surface area contributed by atoms with Gasteiger partial charge in [0.15, 0.2) is 5.12 Å². The molecule has 0 saturated heterocycles. The lowest BCUT2D eigenvalue weighted by molar-refractivity contribution is -0.109. The highest BCUT2D eigenvalue weighted by molar-refractivity contribution is 8.13. The van der Waals surface area contributed by atoms with Crippen molar-refractivity contribution in [1.29, 1.82) is 0 Å². The van der Waals surface area contributed by atoms with Crippen molar-refractivity contribution in [2.24, 2.45) is 0 Å². The molecule has 0 spiro atoms. The number of thioether (sulfide) groups is 1. The highest BCUT2D eigenvalue weighted by atomic mass is 35.5. The first-order chi connectivity index (χ1) is 7.58. The molecule has 0 aliphatic carbocycles. The molecule has 0 amide bonds. The lowest BCUT2D eigenvalue weighted by atomic mass is 10.3. The van der Waals surface area contributed by atoms with Crippen LogP contribution in [0.15, 0.2) is 24.3 Å². The number of benzene rings is 1. The molecule has 0 fully saturated rings. The number of halogens is 1. The average molecular weight is 261 g/mol. The van der Waals surface area contributed by atoms with Crippen LogP contribution in [-0.4, -0.2) is 28.7 Å². The lowest BCUT2D eigenvalue weighted by Crippen LogP contribution is -2.20. The van der Waals surface area contributed by atoms with E-state index in [4.69, 9.17) is 16.3 Å². The first-order valence-electron chi connectivity index (χ1n) is 4.77. The van der Waals surface area contributed by atoms with Gasteiger partial charge in [-0.15, -0.1) is 0 Å². The zero-order valence-electron chi connectivity index (χ0n) is 8.85. The minimum Gasteiger partial charge on any atom is -0.491 e. The number of hydrogen-bond acceptors (Lipinski definition) is 4. The van der Waals surface area contributed by atoms with E-state index in [1.165, 1.54) is 6.92 Å². The molecule has 1 aromatic rings. The van der Waals surface area contributed by atoms with Crippen LogP contribution in [0.5, 0.6) is 5.75 Å². The van der Waals surface area contributed by atoms with Crippen molar-refractivity contribution in [3.05, 3.63) is 29.3 Å². The van der Waals surface area contributed by atoms with Gasteiger partial charge in [0.25, 0.3) is 0 Å². The van der Waals surface area contributed by atoms with E-state index in [9.17, 15) is 9.90 Å². The number of carbonyl (C=O) groups is 1. The summed E-state index contributed by atoms with van der Waals surface area (Å²) in [6.45, 7) is 1.64. The fourth-order valence-corrected chi connectivity index (χ4v) is 1.63. The van der Waals surface area contributed by atoms with E-state index in [1.54, 1.807) is 24.3 Å². The Morgan fingerprint density at radius 2 is 2.12 bits per heavy atom. The van der Waals surface area contributed by atoms with Crippen LogP contribution in [0.25, 0.3) is 0 Å². The Labute approximate surface area is 104 Å². The summed E-state index contributed by atoms with van der Waals surface area (Å²) in [4.78, 5) is 10.7. The molecule has 0 aliphatic rings. The predicted octanol–water partition coefficient (Wildman–Crippen LogP) is 2.36. The highest BCUT2D eigenvalue weighted by Crippen LogP contribution is 2.16. The molecule has 16 heavy (non-hydrogen) atoms. The predicted molar refractivity (Wildman–Crippen MR) is 66.1 cm³/mol. The van der Waals surface area contributed by atoms with Crippen molar-refractivity contribution >= 4 is 28.5 Å². The second-order valence-corrected chi connectivity index (χ2v) is 4.85. The summed E-state index contributed by atoms with van der Waals surface area (Å²) in [5.41, 5.74) is 0. The quantitative estimate of drug-likeness (QED) is 0.883. The van der Waals surface area contributed by atoms with E-state index in [1.807, 2.05) is 0 Å². The molecule has 0 aliphatic heterocycles. The second-order valence-electron chi connectivity index (χ2n) is 3.22. The van der Waals surface area contributed by atoms with Crippen LogP contribution in [0.3, 0.4) is 0 Å². The van der Waals surface area contributed by atoms with Gasteiger partial charge in [-0.25, -0.2) is 0 Å². The van der Waals surface area contributed by atoms with Crippen molar-refractivity contribution in [3.63, 3.8) is 0 Å². The maximum atomic E-state index is 10.7. The summed E-state index contributed by atoms with van der Waals surface area (Å²) >= 11 is 6.80. The van der Waals surface area contributed by atoms with Gasteiger partial charge in [0.2, 0.25) is 0 Å². The van der Waals surface area contributed by atoms with E-state index < -0.39 is 6.10 Å². The first kappa shape index (κ1) is 13.4. The van der Waals surface area contributed by atoms with Crippen molar-refractivity contribution in [1.82, 2.24) is 0 Å². The van der Waals surface area contributed by atoms with Gasteiger partial charge in [-0.2, -0.15) is 0 Å². The Morgan fingerprint density at radius 3 is 2.69 bits per heavy atom. The fraction of sp³-hybridized carbons (Fsp3) is 0.364. The molecule has 5 heteroatoms. The van der Waals surface area contributed by atoms with Gasteiger partial charge < -0.3 is 9.84 Å². The Morgan fingerprint density at radius 1 is 1.50 bits per heavy atom. The Hall–Kier alpha value is -0.710. The molecule has 3 nitrogen and oxygen atoms in total. The molecule has 0 radical (unpaired) electrons. The topological polar surface area (TPSA) is 46.5 Å². The van der Waals surface area contributed by atoms with Crippen LogP contribution < -0.4 is 4.74 Å². The zero-order chi connectivity index (χ0) is 12.0. The molecule has 1 aromatic carbocycles. The van der Waals surface area contributed by atoms with Crippen LogP contribution in [0.4, 0.5) is 0 Å². The summed E-state index contributed by atoms with van der Waals surface area (Å²) in [6.07, 6.45) is -0.649. The molecule has 1 atom stereocenters. The number of rotatable bonds is 5. The Kier molecular flexibility index (Phi) is 5.66. The van der Waals surface area contributed by atoms with E-state index in [2.05, 4.69) is 0 Å². The first-order valence-corrected chi connectivity index (χ1v) is 6.14. The minimum absolute atomic E-state index is 0.00876. The number of hydrogen-bond donors (Lipinski definition) is 1. The lowest BCUT2D eigenvalue weighted by Gasteiger charge is -2.11. The molecular formula is C11H13ClO3S. The van der Waals surface area contributed by atoms with Crippen LogP contribution >= 0.6 is 23.4 Å². The highest BCUT2D eigenvalue weighted by Gasteiger charge is 2.07. The standard InChI is InChI=1S/C11H13ClO3S/c1-8(13)16-7-10(14)6-15-11-4-2-9(12)3-5-11/h2-5,10,14H,6-7H2,1H3. The van der Waals surface area contributed by atoms with Crippen molar-refractivity contribution < 1.29 is 14.6 Å². The monoisotopic (exact) mass is 260 g/mol. The number of aliphatic hydroxyl groups is 1. The third kappa shape index (κ3) is 5.39. The van der Waals surface area contributed by atoms with E-state index >= 15 is 0 Å². The van der Waals surface area contributed by atoms with Crippen LogP contribution in [-0.2, 0) is 4.79 Å². The summed E-state index contributed by atoms with van der Waals surface area (Å²) in [6, 6.07) is 6.89. The van der Waals surface area contributed by atoms with Gasteiger partial charge in [0.05, 0.1) is 6.10 Å². The van der Waals surface area contributed by atoms with E-state index in [0.717, 1.165) is 11.8 Å². The van der Waals surface area contributed by atoms with Gasteiger partial charge in [0.1, 0.15) is 12.4 Å². The molecule has 88 valence electrons. The van der Waals surface area contributed by atoms with Crippen LogP contribution in [0.2, 0.25) is 5.02 Å². The van der Waals surface area contributed by atoms with E-state index in [0.29, 0.717) is 16.5 Å². The Bertz CT molecular complexity index is 340. The number of carbonyl (C=O) groups excluding carboxylic acids is 1. The van der Waals surface area contributed by atoms with Gasteiger partial charge >= 0.3 is 0 Å². The molecule has 0 saturated carbocycles. The molecular weight excluding hydrogens is 248 g/mol. The molecule has 1 N–H and O–H groups in total. The molecule has 1 unspecified atom stereocenters. The largest absolute Gasteiger partial charge is 0.491 e. The summed E-state index contributed by atoms with van der Waals surface area (Å²) in [7, 11) is 0. The summed E-state index contributed by atoms with van der Waals surface area (Å²) in [5.74, 6) is 0.999.